The number of carbonyl (C=O) groups is 2. The predicted octanol–water partition coefficient (Wildman–Crippen LogP) is 5.63. The van der Waals surface area contributed by atoms with Crippen LogP contribution in [0.4, 0.5) is 5.69 Å². The number of rotatable bonds is 6. The number of amides is 2. The summed E-state index contributed by atoms with van der Waals surface area (Å²) in [6, 6.07) is 15.6. The van der Waals surface area contributed by atoms with Gasteiger partial charge in [-0.1, -0.05) is 38.1 Å². The number of benzene rings is 2. The van der Waals surface area contributed by atoms with Gasteiger partial charge in [0.25, 0.3) is 5.91 Å². The summed E-state index contributed by atoms with van der Waals surface area (Å²) in [5.74, 6) is 0.734. The van der Waals surface area contributed by atoms with Crippen LogP contribution in [0.15, 0.2) is 54.7 Å². The number of para-hydroxylation sites is 1. The maximum absolute atomic E-state index is 13.1. The Morgan fingerprint density at radius 2 is 1.89 bits per heavy atom. The van der Waals surface area contributed by atoms with Crippen LogP contribution in [0.25, 0.3) is 17.0 Å². The van der Waals surface area contributed by atoms with E-state index in [9.17, 15) is 9.59 Å². The molecule has 0 saturated carbocycles. The Bertz CT molecular complexity index is 1300. The van der Waals surface area contributed by atoms with Crippen molar-refractivity contribution in [1.29, 1.82) is 5.26 Å². The first kappa shape index (κ1) is 24.3. The van der Waals surface area contributed by atoms with Crippen molar-refractivity contribution in [3.05, 3.63) is 71.4 Å². The molecule has 6 heteroatoms. The van der Waals surface area contributed by atoms with Crippen LogP contribution in [-0.4, -0.2) is 34.4 Å². The first-order chi connectivity index (χ1) is 16.9. The molecule has 1 aromatic heterocycles. The summed E-state index contributed by atoms with van der Waals surface area (Å²) in [6.45, 7) is 8.42. The van der Waals surface area contributed by atoms with E-state index >= 15 is 0 Å². The Morgan fingerprint density at radius 1 is 1.14 bits per heavy atom. The molecule has 1 aliphatic rings. The van der Waals surface area contributed by atoms with Gasteiger partial charge in [-0.15, -0.1) is 0 Å². The fourth-order valence-electron chi connectivity index (χ4n) is 5.00. The van der Waals surface area contributed by atoms with E-state index in [2.05, 4.69) is 25.2 Å². The molecule has 2 amide bonds. The van der Waals surface area contributed by atoms with E-state index in [4.69, 9.17) is 5.26 Å². The van der Waals surface area contributed by atoms with Crippen molar-refractivity contribution in [2.75, 3.05) is 18.4 Å². The Hall–Kier alpha value is -3.85. The maximum atomic E-state index is 13.1. The van der Waals surface area contributed by atoms with Crippen molar-refractivity contribution in [3.63, 3.8) is 0 Å². The zero-order chi connectivity index (χ0) is 24.9. The van der Waals surface area contributed by atoms with Gasteiger partial charge in [0.2, 0.25) is 5.91 Å². The molecule has 2 unspecified atom stereocenters. The van der Waals surface area contributed by atoms with E-state index in [0.29, 0.717) is 36.1 Å². The molecular formula is C29H32N4O2. The standard InChI is InChI=1S/C29H32N4O2/c1-20-15-21(2)18-33(17-20)29(35)23-10-9-22(3)26(16-23)31-28(34)12-11-24-19-32(14-6-13-30)27-8-5-4-7-25(24)27/h4-5,7-12,16,19-21H,6,14-15,17-18H2,1-3H3,(H,31,34)/b12-11+. The zero-order valence-corrected chi connectivity index (χ0v) is 20.6. The molecule has 1 fully saturated rings. The number of fused-ring (bicyclic) bond motifs is 1. The fourth-order valence-corrected chi connectivity index (χ4v) is 5.00. The quantitative estimate of drug-likeness (QED) is 0.476. The van der Waals surface area contributed by atoms with Crippen molar-refractivity contribution >= 4 is 34.5 Å². The molecule has 1 aliphatic heterocycles. The molecule has 2 aromatic carbocycles. The monoisotopic (exact) mass is 468 g/mol. The Kier molecular flexibility index (Phi) is 7.36. The van der Waals surface area contributed by atoms with Gasteiger partial charge in [0.05, 0.1) is 12.5 Å². The summed E-state index contributed by atoms with van der Waals surface area (Å²) in [5.41, 5.74) is 4.09. The summed E-state index contributed by atoms with van der Waals surface area (Å²) in [7, 11) is 0. The fraction of sp³-hybridized carbons (Fsp3) is 0.345. The average molecular weight is 469 g/mol. The van der Waals surface area contributed by atoms with Gasteiger partial charge < -0.3 is 14.8 Å². The van der Waals surface area contributed by atoms with Crippen molar-refractivity contribution in [3.8, 4) is 6.07 Å². The Morgan fingerprint density at radius 3 is 2.63 bits per heavy atom. The first-order valence-electron chi connectivity index (χ1n) is 12.2. The number of likely N-dealkylation sites (tertiary alicyclic amines) is 1. The highest BCUT2D eigenvalue weighted by Crippen LogP contribution is 2.25. The highest BCUT2D eigenvalue weighted by Gasteiger charge is 2.26. The average Bonchev–Trinajstić information content (AvgIpc) is 3.19. The van der Waals surface area contributed by atoms with E-state index in [-0.39, 0.29) is 11.8 Å². The Balaban J connectivity index is 1.50. The molecule has 2 atom stereocenters. The lowest BCUT2D eigenvalue weighted by Crippen LogP contribution is -2.42. The summed E-state index contributed by atoms with van der Waals surface area (Å²) in [5, 5.41) is 12.9. The first-order valence-corrected chi connectivity index (χ1v) is 12.2. The van der Waals surface area contributed by atoms with E-state index in [1.54, 1.807) is 12.1 Å². The summed E-state index contributed by atoms with van der Waals surface area (Å²) < 4.78 is 2.04. The van der Waals surface area contributed by atoms with Crippen LogP contribution in [0.5, 0.6) is 0 Å². The molecule has 0 bridgehead atoms. The summed E-state index contributed by atoms with van der Waals surface area (Å²) in [4.78, 5) is 27.8. The number of nitrogens with one attached hydrogen (secondary N) is 1. The largest absolute Gasteiger partial charge is 0.346 e. The molecule has 35 heavy (non-hydrogen) atoms. The smallest absolute Gasteiger partial charge is 0.253 e. The highest BCUT2D eigenvalue weighted by molar-refractivity contribution is 6.05. The van der Waals surface area contributed by atoms with Gasteiger partial charge in [0, 0.05) is 59.6 Å². The normalized spacial score (nSPS) is 18.1. The molecule has 3 aromatic rings. The van der Waals surface area contributed by atoms with Gasteiger partial charge in [0.1, 0.15) is 0 Å². The number of hydrogen-bond acceptors (Lipinski definition) is 3. The molecule has 0 radical (unpaired) electrons. The number of hydrogen-bond donors (Lipinski definition) is 1. The number of carbonyl (C=O) groups excluding carboxylic acids is 2. The maximum Gasteiger partial charge on any atom is 0.253 e. The number of nitriles is 1. The topological polar surface area (TPSA) is 78.1 Å². The van der Waals surface area contributed by atoms with E-state index in [0.717, 1.165) is 41.5 Å². The Labute approximate surface area is 206 Å². The van der Waals surface area contributed by atoms with Crippen molar-refractivity contribution in [1.82, 2.24) is 9.47 Å². The van der Waals surface area contributed by atoms with Gasteiger partial charge in [-0.05, 0) is 55.0 Å². The molecular weight excluding hydrogens is 436 g/mol. The van der Waals surface area contributed by atoms with Gasteiger partial charge >= 0.3 is 0 Å². The lowest BCUT2D eigenvalue weighted by molar-refractivity contribution is -0.111. The molecule has 0 aliphatic carbocycles. The third-order valence-corrected chi connectivity index (χ3v) is 6.60. The predicted molar refractivity (Wildman–Crippen MR) is 140 cm³/mol. The van der Waals surface area contributed by atoms with Crippen LogP contribution < -0.4 is 5.32 Å². The number of anilines is 1. The number of piperidine rings is 1. The second-order valence-corrected chi connectivity index (χ2v) is 9.71. The third kappa shape index (κ3) is 5.63. The number of aromatic nitrogens is 1. The molecule has 6 nitrogen and oxygen atoms in total. The number of nitrogens with zero attached hydrogens (tertiary/aromatic N) is 3. The van der Waals surface area contributed by atoms with E-state index < -0.39 is 0 Å². The minimum atomic E-state index is -0.258. The van der Waals surface area contributed by atoms with Crippen LogP contribution in [0, 0.1) is 30.1 Å². The molecule has 180 valence electrons. The van der Waals surface area contributed by atoms with Crippen molar-refractivity contribution in [2.24, 2.45) is 11.8 Å². The van der Waals surface area contributed by atoms with Crippen molar-refractivity contribution in [2.45, 2.75) is 40.2 Å². The van der Waals surface area contributed by atoms with Crippen molar-refractivity contribution < 1.29 is 9.59 Å². The van der Waals surface area contributed by atoms with E-state index in [1.807, 2.05) is 59.0 Å². The minimum Gasteiger partial charge on any atom is -0.346 e. The second-order valence-electron chi connectivity index (χ2n) is 9.71. The third-order valence-electron chi connectivity index (χ3n) is 6.60. The van der Waals surface area contributed by atoms with Crippen LogP contribution in [0.1, 0.15) is 48.2 Å². The molecule has 1 N–H and O–H groups in total. The second kappa shape index (κ2) is 10.6. The lowest BCUT2D eigenvalue weighted by Gasteiger charge is -2.35. The summed E-state index contributed by atoms with van der Waals surface area (Å²) >= 11 is 0. The number of aryl methyl sites for hydroxylation is 2. The van der Waals surface area contributed by atoms with Crippen LogP contribution >= 0.6 is 0 Å². The van der Waals surface area contributed by atoms with Gasteiger partial charge in [-0.25, -0.2) is 0 Å². The van der Waals surface area contributed by atoms with Crippen LogP contribution in [0.2, 0.25) is 0 Å². The molecule has 2 heterocycles. The molecule has 1 saturated heterocycles. The van der Waals surface area contributed by atoms with Crippen LogP contribution in [0.3, 0.4) is 0 Å². The zero-order valence-electron chi connectivity index (χ0n) is 20.6. The minimum absolute atomic E-state index is 0.0135. The van der Waals surface area contributed by atoms with Gasteiger partial charge in [-0.3, -0.25) is 9.59 Å². The SMILES string of the molecule is Cc1ccc(C(=O)N2CC(C)CC(C)C2)cc1NC(=O)/C=C/c1cn(CCC#N)c2ccccc12. The molecule has 4 rings (SSSR count). The van der Waals surface area contributed by atoms with Gasteiger partial charge in [-0.2, -0.15) is 5.26 Å². The van der Waals surface area contributed by atoms with Gasteiger partial charge in [0.15, 0.2) is 0 Å². The highest BCUT2D eigenvalue weighted by atomic mass is 16.2. The molecule has 0 spiro atoms. The lowest BCUT2D eigenvalue weighted by atomic mass is 9.91. The van der Waals surface area contributed by atoms with Crippen LogP contribution in [-0.2, 0) is 11.3 Å². The summed E-state index contributed by atoms with van der Waals surface area (Å²) in [6.07, 6.45) is 6.84. The van der Waals surface area contributed by atoms with E-state index in [1.165, 1.54) is 6.08 Å².